The van der Waals surface area contributed by atoms with Crippen molar-refractivity contribution in [1.82, 2.24) is 10.0 Å². The van der Waals surface area contributed by atoms with Crippen molar-refractivity contribution in [1.29, 1.82) is 0 Å². The molecule has 2 heterocycles. The lowest BCUT2D eigenvalue weighted by Crippen LogP contribution is -2.49. The van der Waals surface area contributed by atoms with Crippen LogP contribution in [0.1, 0.15) is 12.0 Å². The number of benzene rings is 1. The molecule has 2 aliphatic carbocycles. The molecule has 2 saturated heterocycles. The number of allylic oxidation sites excluding steroid dienone is 2. The molecule has 3 fully saturated rings. The molecule has 2 aliphatic heterocycles. The fourth-order valence-corrected chi connectivity index (χ4v) is 5.42. The highest BCUT2D eigenvalue weighted by atomic mass is 32.2. The maximum atomic E-state index is 12.9. The number of imide groups is 2. The van der Waals surface area contributed by atoms with Gasteiger partial charge in [-0.05, 0) is 42.2 Å². The van der Waals surface area contributed by atoms with E-state index in [4.69, 9.17) is 0 Å². The summed E-state index contributed by atoms with van der Waals surface area (Å²) in [6.45, 7) is 0. The number of carbonyl (C=O) groups excluding carboxylic acids is 4. The van der Waals surface area contributed by atoms with E-state index < -0.39 is 45.5 Å². The van der Waals surface area contributed by atoms with Gasteiger partial charge in [-0.1, -0.05) is 12.2 Å². The van der Waals surface area contributed by atoms with Crippen molar-refractivity contribution in [3.05, 3.63) is 50.9 Å². The fourth-order valence-electron chi connectivity index (χ4n) is 4.62. The lowest BCUT2D eigenvalue weighted by atomic mass is 9.85. The van der Waals surface area contributed by atoms with Crippen LogP contribution in [0.2, 0.25) is 0 Å². The zero-order valence-electron chi connectivity index (χ0n) is 15.1. The number of hydrogen-bond acceptors (Lipinski definition) is 8. The molecule has 30 heavy (non-hydrogen) atoms. The van der Waals surface area contributed by atoms with Crippen LogP contribution < -0.4 is 0 Å². The number of nitro groups is 1. The quantitative estimate of drug-likeness (QED) is 0.254. The van der Waals surface area contributed by atoms with Crippen LogP contribution in [-0.4, -0.2) is 43.0 Å². The first kappa shape index (κ1) is 18.6. The van der Waals surface area contributed by atoms with Gasteiger partial charge >= 0.3 is 5.24 Å². The van der Waals surface area contributed by atoms with Crippen molar-refractivity contribution in [2.75, 3.05) is 0 Å². The van der Waals surface area contributed by atoms with Crippen LogP contribution in [0.3, 0.4) is 0 Å². The standard InChI is InChI=1S/C19H13N3O7S/c23-12-7-11(22(28)29)4-3-8(12)6-13-16(24)21(19(27)30-13)20-17(25)14-9-1-2-10(5-9)15(14)18(20)26/h1-4,6-7,9-10,14-15,23H,5H2/b13-6+. The molecule has 2 bridgehead atoms. The van der Waals surface area contributed by atoms with Gasteiger partial charge < -0.3 is 5.11 Å². The smallest absolute Gasteiger partial charge is 0.313 e. The number of hydrazine groups is 1. The van der Waals surface area contributed by atoms with E-state index >= 15 is 0 Å². The molecule has 1 aromatic rings. The zero-order valence-corrected chi connectivity index (χ0v) is 15.9. The van der Waals surface area contributed by atoms with E-state index in [1.165, 1.54) is 12.1 Å². The molecular weight excluding hydrogens is 414 g/mol. The average Bonchev–Trinajstić information content (AvgIpc) is 3.43. The monoisotopic (exact) mass is 427 g/mol. The highest BCUT2D eigenvalue weighted by Crippen LogP contribution is 2.53. The highest BCUT2D eigenvalue weighted by Gasteiger charge is 2.62. The molecule has 5 rings (SSSR count). The summed E-state index contributed by atoms with van der Waals surface area (Å²) >= 11 is 0.524. The molecule has 0 aromatic heterocycles. The van der Waals surface area contributed by atoms with E-state index in [0.29, 0.717) is 21.8 Å². The predicted molar refractivity (Wildman–Crippen MR) is 102 cm³/mol. The van der Waals surface area contributed by atoms with Crippen LogP contribution in [-0.2, 0) is 14.4 Å². The largest absolute Gasteiger partial charge is 0.507 e. The van der Waals surface area contributed by atoms with Gasteiger partial charge in [0.1, 0.15) is 5.75 Å². The molecule has 4 aliphatic rings. The lowest BCUT2D eigenvalue weighted by molar-refractivity contribution is -0.384. The van der Waals surface area contributed by atoms with Crippen molar-refractivity contribution in [2.45, 2.75) is 6.42 Å². The first-order valence-electron chi connectivity index (χ1n) is 9.09. The Balaban J connectivity index is 1.44. The van der Waals surface area contributed by atoms with Gasteiger partial charge in [0.2, 0.25) is 0 Å². The number of nitrogens with zero attached hydrogens (tertiary/aromatic N) is 3. The van der Waals surface area contributed by atoms with Crippen molar-refractivity contribution in [3.8, 4) is 5.75 Å². The minimum Gasteiger partial charge on any atom is -0.507 e. The van der Waals surface area contributed by atoms with E-state index in [9.17, 15) is 34.4 Å². The molecule has 0 spiro atoms. The number of thioether (sulfide) groups is 1. The number of rotatable bonds is 3. The third-order valence-corrected chi connectivity index (χ3v) is 6.79. The molecular formula is C19H13N3O7S. The number of amides is 4. The molecule has 4 amide bonds. The number of aromatic hydroxyl groups is 1. The minimum atomic E-state index is -0.857. The summed E-state index contributed by atoms with van der Waals surface area (Å²) in [7, 11) is 0. The molecule has 0 radical (unpaired) electrons. The first-order valence-corrected chi connectivity index (χ1v) is 9.91. The van der Waals surface area contributed by atoms with Gasteiger partial charge in [0, 0.05) is 11.6 Å². The van der Waals surface area contributed by atoms with Crippen molar-refractivity contribution >= 4 is 46.5 Å². The number of hydrogen-bond donors (Lipinski definition) is 1. The Morgan fingerprint density at radius 3 is 2.27 bits per heavy atom. The van der Waals surface area contributed by atoms with Crippen molar-refractivity contribution in [3.63, 3.8) is 0 Å². The summed E-state index contributed by atoms with van der Waals surface area (Å²) < 4.78 is 0. The van der Waals surface area contributed by atoms with Gasteiger partial charge in [-0.15, -0.1) is 0 Å². The number of non-ortho nitro benzene ring substituents is 1. The molecule has 1 aromatic carbocycles. The van der Waals surface area contributed by atoms with Crippen molar-refractivity contribution < 1.29 is 29.2 Å². The molecule has 10 nitrogen and oxygen atoms in total. The Kier molecular flexibility index (Phi) is 3.87. The van der Waals surface area contributed by atoms with Crippen molar-refractivity contribution in [2.24, 2.45) is 23.7 Å². The zero-order chi connectivity index (χ0) is 21.3. The SMILES string of the molecule is O=C1S/C(=C/c2ccc([N+](=O)[O-])cc2O)C(=O)N1N1C(=O)C2C3C=CC(C3)C2C1=O. The summed E-state index contributed by atoms with van der Waals surface area (Å²) in [6, 6.07) is 3.31. The van der Waals surface area contributed by atoms with Crippen LogP contribution in [0.5, 0.6) is 5.75 Å². The average molecular weight is 427 g/mol. The van der Waals surface area contributed by atoms with E-state index in [-0.39, 0.29) is 28.0 Å². The molecule has 152 valence electrons. The number of carbonyl (C=O) groups is 4. The first-order chi connectivity index (χ1) is 14.3. The topological polar surface area (TPSA) is 138 Å². The Morgan fingerprint density at radius 1 is 1.07 bits per heavy atom. The minimum absolute atomic E-state index is 0.0611. The highest BCUT2D eigenvalue weighted by molar-refractivity contribution is 8.18. The second-order valence-electron chi connectivity index (χ2n) is 7.48. The number of fused-ring (bicyclic) bond motifs is 5. The third kappa shape index (κ3) is 2.45. The molecule has 1 N–H and O–H groups in total. The maximum absolute atomic E-state index is 12.9. The van der Waals surface area contributed by atoms with Crippen LogP contribution in [0.25, 0.3) is 6.08 Å². The molecule has 4 unspecified atom stereocenters. The number of nitro benzene ring substituents is 1. The van der Waals surface area contributed by atoms with Crippen LogP contribution in [0.15, 0.2) is 35.3 Å². The van der Waals surface area contributed by atoms with Crippen LogP contribution in [0.4, 0.5) is 10.5 Å². The summed E-state index contributed by atoms with van der Waals surface area (Å²) in [5.74, 6) is -3.63. The molecule has 11 heteroatoms. The Morgan fingerprint density at radius 2 is 1.70 bits per heavy atom. The Labute approximate surface area is 172 Å². The lowest BCUT2D eigenvalue weighted by Gasteiger charge is -2.24. The van der Waals surface area contributed by atoms with E-state index in [1.807, 2.05) is 12.2 Å². The van der Waals surface area contributed by atoms with Gasteiger partial charge in [0.15, 0.2) is 0 Å². The van der Waals surface area contributed by atoms with E-state index in [2.05, 4.69) is 0 Å². The maximum Gasteiger partial charge on any atom is 0.313 e. The Bertz CT molecular complexity index is 1100. The summed E-state index contributed by atoms with van der Waals surface area (Å²) in [4.78, 5) is 61.1. The normalized spacial score (nSPS) is 30.9. The summed E-state index contributed by atoms with van der Waals surface area (Å²) in [6.07, 6.45) is 5.74. The van der Waals surface area contributed by atoms with Gasteiger partial charge in [-0.25, -0.2) is 0 Å². The number of phenolic OH excluding ortho intramolecular Hbond substituents is 1. The van der Waals surface area contributed by atoms with Gasteiger partial charge in [-0.3, -0.25) is 29.3 Å². The molecule has 4 atom stereocenters. The van der Waals surface area contributed by atoms with Crippen LogP contribution >= 0.6 is 11.8 Å². The summed E-state index contributed by atoms with van der Waals surface area (Å²) in [5, 5.41) is 21.2. The number of phenols is 1. The fraction of sp³-hybridized carbons (Fsp3) is 0.263. The van der Waals surface area contributed by atoms with Gasteiger partial charge in [-0.2, -0.15) is 10.0 Å². The van der Waals surface area contributed by atoms with Gasteiger partial charge in [0.05, 0.1) is 27.7 Å². The summed E-state index contributed by atoms with van der Waals surface area (Å²) in [5.41, 5.74) is -0.245. The third-order valence-electron chi connectivity index (χ3n) is 5.93. The predicted octanol–water partition coefficient (Wildman–Crippen LogP) is 2.06. The van der Waals surface area contributed by atoms with Crippen LogP contribution in [0, 0.1) is 33.8 Å². The second kappa shape index (κ2) is 6.26. The van der Waals surface area contributed by atoms with E-state index in [0.717, 1.165) is 18.6 Å². The second-order valence-corrected chi connectivity index (χ2v) is 8.48. The molecule has 1 saturated carbocycles. The van der Waals surface area contributed by atoms with E-state index in [1.54, 1.807) is 0 Å². The Hall–Kier alpha value is -3.47. The van der Waals surface area contributed by atoms with Gasteiger partial charge in [0.25, 0.3) is 23.4 Å².